The van der Waals surface area contributed by atoms with Crippen LogP contribution in [0.5, 0.6) is 0 Å². The van der Waals surface area contributed by atoms with Gasteiger partial charge in [0.15, 0.2) is 0 Å². The average Bonchev–Trinajstić information content (AvgIpc) is 2.72. The summed E-state index contributed by atoms with van der Waals surface area (Å²) in [5, 5.41) is 2.71. The van der Waals surface area contributed by atoms with Crippen LogP contribution < -0.4 is 10.0 Å². The van der Waals surface area contributed by atoms with Crippen LogP contribution in [0.2, 0.25) is 0 Å². The first kappa shape index (κ1) is 25.0. The Labute approximate surface area is 184 Å². The van der Waals surface area contributed by atoms with E-state index in [2.05, 4.69) is 10.0 Å². The molecule has 0 saturated carbocycles. The summed E-state index contributed by atoms with van der Waals surface area (Å²) in [5.41, 5.74) is 0.811. The highest BCUT2D eigenvalue weighted by molar-refractivity contribution is 7.89. The van der Waals surface area contributed by atoms with Crippen molar-refractivity contribution in [3.63, 3.8) is 0 Å². The molecular formula is C21H29N3O5S2. The van der Waals surface area contributed by atoms with E-state index < -0.39 is 26.0 Å². The van der Waals surface area contributed by atoms with Crippen LogP contribution in [0.25, 0.3) is 0 Å². The number of benzene rings is 2. The number of amides is 1. The minimum atomic E-state index is -3.68. The molecule has 0 bridgehead atoms. The van der Waals surface area contributed by atoms with Gasteiger partial charge in [-0.05, 0) is 49.7 Å². The molecule has 0 aliphatic heterocycles. The van der Waals surface area contributed by atoms with Crippen LogP contribution in [-0.2, 0) is 26.6 Å². The minimum Gasteiger partial charge on any atom is -0.348 e. The maximum absolute atomic E-state index is 12.7. The van der Waals surface area contributed by atoms with Crippen LogP contribution in [0.4, 0.5) is 0 Å². The van der Waals surface area contributed by atoms with Gasteiger partial charge in [0.2, 0.25) is 20.0 Å². The molecule has 0 fully saturated rings. The number of hydrogen-bond acceptors (Lipinski definition) is 5. The van der Waals surface area contributed by atoms with Gasteiger partial charge in [-0.2, -0.15) is 4.31 Å². The lowest BCUT2D eigenvalue weighted by molar-refractivity contribution is 0.0950. The molecule has 0 spiro atoms. The Morgan fingerprint density at radius 1 is 0.935 bits per heavy atom. The third kappa shape index (κ3) is 6.36. The molecule has 0 aromatic heterocycles. The van der Waals surface area contributed by atoms with E-state index in [1.165, 1.54) is 40.7 Å². The van der Waals surface area contributed by atoms with E-state index in [9.17, 15) is 21.6 Å². The lowest BCUT2D eigenvalue weighted by Crippen LogP contribution is -2.31. The number of carbonyl (C=O) groups is 1. The molecule has 0 aliphatic carbocycles. The number of rotatable bonds is 10. The number of nitrogens with one attached hydrogen (secondary N) is 2. The van der Waals surface area contributed by atoms with E-state index in [1.54, 1.807) is 39.8 Å². The summed E-state index contributed by atoms with van der Waals surface area (Å²) in [6.45, 7) is 7.73. The van der Waals surface area contributed by atoms with Crippen LogP contribution in [0, 0.1) is 0 Å². The first-order valence-corrected chi connectivity index (χ1v) is 12.9. The van der Waals surface area contributed by atoms with Crippen molar-refractivity contribution in [2.24, 2.45) is 0 Å². The van der Waals surface area contributed by atoms with Gasteiger partial charge < -0.3 is 5.32 Å². The van der Waals surface area contributed by atoms with Crippen molar-refractivity contribution in [1.29, 1.82) is 0 Å². The minimum absolute atomic E-state index is 0.0525. The summed E-state index contributed by atoms with van der Waals surface area (Å²) >= 11 is 0. The van der Waals surface area contributed by atoms with Gasteiger partial charge in [0, 0.05) is 31.2 Å². The van der Waals surface area contributed by atoms with Crippen molar-refractivity contribution >= 4 is 26.0 Å². The zero-order chi connectivity index (χ0) is 23.2. The monoisotopic (exact) mass is 467 g/mol. The Morgan fingerprint density at radius 2 is 1.55 bits per heavy atom. The zero-order valence-corrected chi connectivity index (χ0v) is 19.8. The fourth-order valence-corrected chi connectivity index (χ4v) is 5.82. The molecule has 0 aliphatic rings. The van der Waals surface area contributed by atoms with Gasteiger partial charge in [-0.25, -0.2) is 21.6 Å². The Hall–Kier alpha value is -2.27. The predicted molar refractivity (Wildman–Crippen MR) is 120 cm³/mol. The maximum Gasteiger partial charge on any atom is 0.251 e. The molecule has 2 aromatic carbocycles. The Kier molecular flexibility index (Phi) is 8.35. The van der Waals surface area contributed by atoms with Crippen molar-refractivity contribution in [1.82, 2.24) is 14.3 Å². The van der Waals surface area contributed by atoms with E-state index in [0.29, 0.717) is 18.7 Å². The molecule has 8 nitrogen and oxygen atoms in total. The predicted octanol–water partition coefficient (Wildman–Crippen LogP) is 2.33. The molecular weight excluding hydrogens is 438 g/mol. The topological polar surface area (TPSA) is 113 Å². The highest BCUT2D eigenvalue weighted by Gasteiger charge is 2.22. The van der Waals surface area contributed by atoms with Gasteiger partial charge in [0.1, 0.15) is 0 Å². The van der Waals surface area contributed by atoms with Crippen LogP contribution in [0.15, 0.2) is 58.3 Å². The molecule has 2 rings (SSSR count). The fourth-order valence-electron chi connectivity index (χ4n) is 3.00. The third-order valence-electron chi connectivity index (χ3n) is 4.49. The van der Waals surface area contributed by atoms with Crippen LogP contribution in [0.3, 0.4) is 0 Å². The summed E-state index contributed by atoms with van der Waals surface area (Å²) in [6, 6.07) is 11.9. The molecule has 10 heteroatoms. The van der Waals surface area contributed by atoms with Gasteiger partial charge in [-0.15, -0.1) is 0 Å². The molecule has 0 radical (unpaired) electrons. The molecule has 1 amide bonds. The molecule has 0 saturated heterocycles. The molecule has 31 heavy (non-hydrogen) atoms. The third-order valence-corrected chi connectivity index (χ3v) is 8.19. The van der Waals surface area contributed by atoms with Crippen molar-refractivity contribution < 1.29 is 21.6 Å². The quantitative estimate of drug-likeness (QED) is 0.557. The van der Waals surface area contributed by atoms with Crippen LogP contribution in [0.1, 0.15) is 43.6 Å². The summed E-state index contributed by atoms with van der Waals surface area (Å²) in [4.78, 5) is 12.7. The Bertz CT molecular complexity index is 1130. The van der Waals surface area contributed by atoms with Gasteiger partial charge >= 0.3 is 0 Å². The molecule has 0 heterocycles. The summed E-state index contributed by atoms with van der Waals surface area (Å²) in [7, 11) is -7.32. The van der Waals surface area contributed by atoms with Crippen LogP contribution >= 0.6 is 0 Å². The summed E-state index contributed by atoms with van der Waals surface area (Å²) in [6.07, 6.45) is 0. The van der Waals surface area contributed by atoms with Crippen LogP contribution in [-0.4, -0.2) is 46.2 Å². The van der Waals surface area contributed by atoms with Gasteiger partial charge in [-0.3, -0.25) is 4.79 Å². The smallest absolute Gasteiger partial charge is 0.251 e. The van der Waals surface area contributed by atoms with Crippen molar-refractivity contribution in [2.45, 2.75) is 50.1 Å². The molecule has 170 valence electrons. The molecule has 0 unspecified atom stereocenters. The molecule has 0 atom stereocenters. The van der Waals surface area contributed by atoms with Gasteiger partial charge in [0.05, 0.1) is 9.79 Å². The maximum atomic E-state index is 12.7. The first-order valence-electron chi connectivity index (χ1n) is 10.0. The summed E-state index contributed by atoms with van der Waals surface area (Å²) in [5.74, 6) is -0.454. The second-order valence-electron chi connectivity index (χ2n) is 7.22. The highest BCUT2D eigenvalue weighted by atomic mass is 32.2. The van der Waals surface area contributed by atoms with E-state index in [4.69, 9.17) is 0 Å². The second-order valence-corrected chi connectivity index (χ2v) is 10.9. The van der Waals surface area contributed by atoms with Gasteiger partial charge in [-0.1, -0.05) is 32.0 Å². The fraction of sp³-hybridized carbons (Fsp3) is 0.381. The normalized spacial score (nSPS) is 12.3. The first-order chi connectivity index (χ1) is 14.5. The van der Waals surface area contributed by atoms with Crippen molar-refractivity contribution in [3.8, 4) is 0 Å². The van der Waals surface area contributed by atoms with E-state index in [1.807, 2.05) is 0 Å². The Morgan fingerprint density at radius 3 is 2.16 bits per heavy atom. The van der Waals surface area contributed by atoms with E-state index in [0.717, 1.165) is 0 Å². The number of nitrogens with zero attached hydrogens (tertiary/aromatic N) is 1. The van der Waals surface area contributed by atoms with Gasteiger partial charge in [0.25, 0.3) is 5.91 Å². The number of hydrogen-bond donors (Lipinski definition) is 2. The van der Waals surface area contributed by atoms with E-state index in [-0.39, 0.29) is 27.9 Å². The summed E-state index contributed by atoms with van der Waals surface area (Å²) < 4.78 is 53.9. The van der Waals surface area contributed by atoms with Crippen molar-refractivity contribution in [2.75, 3.05) is 13.1 Å². The molecule has 2 N–H and O–H groups in total. The second kappa shape index (κ2) is 10.4. The number of sulfonamides is 2. The Balaban J connectivity index is 2.17. The lowest BCUT2D eigenvalue weighted by atomic mass is 10.2. The van der Waals surface area contributed by atoms with E-state index >= 15 is 0 Å². The zero-order valence-electron chi connectivity index (χ0n) is 18.1. The SMILES string of the molecule is CCN(CC)S(=O)(=O)c1cccc(C(=O)NCc2cccc(S(=O)(=O)NC(C)C)c2)c1. The number of carbonyl (C=O) groups excluding carboxylic acids is 1. The standard InChI is InChI=1S/C21H29N3O5S2/c1-5-24(6-2)31(28,29)20-12-8-10-18(14-20)21(25)22-15-17-9-7-11-19(13-17)30(26,27)23-16(3)4/h7-14,16,23H,5-6,15H2,1-4H3,(H,22,25). The highest BCUT2D eigenvalue weighted by Crippen LogP contribution is 2.17. The lowest BCUT2D eigenvalue weighted by Gasteiger charge is -2.18. The molecule has 2 aromatic rings. The van der Waals surface area contributed by atoms with Crippen molar-refractivity contribution in [3.05, 3.63) is 59.7 Å². The largest absolute Gasteiger partial charge is 0.348 e. The average molecular weight is 468 g/mol.